The molecule has 1 atom stereocenters. The number of likely N-dealkylation sites (N-methyl/N-ethyl adjacent to an activating group) is 1. The summed E-state index contributed by atoms with van der Waals surface area (Å²) in [6, 6.07) is 3.98. The van der Waals surface area contributed by atoms with Gasteiger partial charge in [0.15, 0.2) is 5.15 Å². The van der Waals surface area contributed by atoms with Crippen LogP contribution < -0.4 is 19.7 Å². The van der Waals surface area contributed by atoms with Crippen LogP contribution >= 0.6 is 46.6 Å². The van der Waals surface area contributed by atoms with Gasteiger partial charge in [0.1, 0.15) is 28.3 Å². The molecule has 0 fully saturated rings. The Morgan fingerprint density at radius 2 is 1.80 bits per heavy atom. The van der Waals surface area contributed by atoms with Crippen molar-refractivity contribution in [2.24, 2.45) is 0 Å². The predicted octanol–water partition coefficient (Wildman–Crippen LogP) is 5.68. The van der Waals surface area contributed by atoms with Crippen LogP contribution in [0.4, 0.5) is 10.6 Å². The van der Waals surface area contributed by atoms with Crippen LogP contribution in [0.2, 0.25) is 40.9 Å². The number of anilines is 1. The molecular formula is C26H38Cl3N5O7S2Si. The zero-order valence-electron chi connectivity index (χ0n) is 25.8. The number of amides is 2. The lowest BCUT2D eigenvalue weighted by Gasteiger charge is -2.26. The number of halogens is 3. The Hall–Kier alpha value is -2.01. The predicted molar refractivity (Wildman–Crippen MR) is 177 cm³/mol. The highest BCUT2D eigenvalue weighted by Crippen LogP contribution is 2.37. The van der Waals surface area contributed by atoms with Gasteiger partial charge >= 0.3 is 6.09 Å². The van der Waals surface area contributed by atoms with E-state index in [9.17, 15) is 18.0 Å². The number of methoxy groups -OCH3 is 1. The maximum absolute atomic E-state index is 13.9. The van der Waals surface area contributed by atoms with Gasteiger partial charge in [-0.1, -0.05) is 60.5 Å². The van der Waals surface area contributed by atoms with E-state index in [-0.39, 0.29) is 42.6 Å². The normalized spacial score (nSPS) is 12.8. The highest BCUT2D eigenvalue weighted by molar-refractivity contribution is 7.99. The van der Waals surface area contributed by atoms with Gasteiger partial charge in [-0.15, -0.1) is 11.8 Å². The SMILES string of the molecule is CNC(=O)[C@H](CSc1nc(OC)c(N(COCC[Si](C)(C)C)S(=O)(=O)c2cccc(Cl)c2Cl)nc1Cl)NC(=O)OC(C)(C)C. The minimum absolute atomic E-state index is 0.0181. The van der Waals surface area contributed by atoms with Crippen LogP contribution in [-0.2, 0) is 24.3 Å². The summed E-state index contributed by atoms with van der Waals surface area (Å²) in [7, 11) is -3.19. The number of hydrogen-bond donors (Lipinski definition) is 2. The lowest BCUT2D eigenvalue weighted by molar-refractivity contribution is -0.122. The maximum Gasteiger partial charge on any atom is 0.408 e. The van der Waals surface area contributed by atoms with Crippen LogP contribution in [0.15, 0.2) is 28.1 Å². The number of hydrogen-bond acceptors (Lipinski definition) is 10. The first-order chi connectivity index (χ1) is 20.3. The third-order valence-electron chi connectivity index (χ3n) is 5.53. The van der Waals surface area contributed by atoms with Crippen molar-refractivity contribution >= 4 is 82.5 Å². The van der Waals surface area contributed by atoms with E-state index < -0.39 is 48.5 Å². The van der Waals surface area contributed by atoms with Crippen molar-refractivity contribution < 1.29 is 32.2 Å². The molecule has 18 heteroatoms. The molecule has 0 saturated heterocycles. The molecule has 0 unspecified atom stereocenters. The quantitative estimate of drug-likeness (QED) is 0.108. The number of rotatable bonds is 14. The number of benzene rings is 1. The molecule has 2 aromatic rings. The summed E-state index contributed by atoms with van der Waals surface area (Å²) < 4.78 is 45.2. The third kappa shape index (κ3) is 11.1. The molecule has 0 spiro atoms. The second-order valence-corrected chi connectivity index (χ2v) is 21.1. The zero-order chi connectivity index (χ0) is 33.5. The lowest BCUT2D eigenvalue weighted by atomic mass is 10.2. The fourth-order valence-electron chi connectivity index (χ4n) is 3.31. The van der Waals surface area contributed by atoms with Crippen molar-refractivity contribution in [2.45, 2.75) is 68.0 Å². The van der Waals surface area contributed by atoms with Gasteiger partial charge in [-0.2, -0.15) is 0 Å². The highest BCUT2D eigenvalue weighted by atomic mass is 35.5. The number of aromatic nitrogens is 2. The average Bonchev–Trinajstić information content (AvgIpc) is 2.90. The van der Waals surface area contributed by atoms with Crippen LogP contribution in [0.3, 0.4) is 0 Å². The van der Waals surface area contributed by atoms with E-state index in [0.717, 1.165) is 22.1 Å². The minimum atomic E-state index is -4.41. The van der Waals surface area contributed by atoms with Gasteiger partial charge in [0.05, 0.1) is 17.2 Å². The van der Waals surface area contributed by atoms with Crippen LogP contribution in [0, 0.1) is 0 Å². The van der Waals surface area contributed by atoms with Crippen LogP contribution in [0.25, 0.3) is 0 Å². The van der Waals surface area contributed by atoms with E-state index >= 15 is 0 Å². The second kappa shape index (κ2) is 16.0. The van der Waals surface area contributed by atoms with E-state index in [1.54, 1.807) is 20.8 Å². The van der Waals surface area contributed by atoms with Crippen molar-refractivity contribution in [1.82, 2.24) is 20.6 Å². The summed E-state index contributed by atoms with van der Waals surface area (Å²) in [5.41, 5.74) is -0.775. The van der Waals surface area contributed by atoms with E-state index in [1.807, 2.05) is 0 Å². The molecule has 0 aliphatic heterocycles. The summed E-state index contributed by atoms with van der Waals surface area (Å²) in [5, 5.41) is 4.80. The molecular weight excluding hydrogens is 693 g/mol. The summed E-state index contributed by atoms with van der Waals surface area (Å²) in [6.07, 6.45) is -0.786. The number of nitrogens with one attached hydrogen (secondary N) is 2. The molecule has 1 aromatic carbocycles. The number of ether oxygens (including phenoxy) is 3. The van der Waals surface area contributed by atoms with Crippen LogP contribution in [-0.4, -0.2) is 83.4 Å². The van der Waals surface area contributed by atoms with Crippen molar-refractivity contribution in [1.29, 1.82) is 0 Å². The number of carbonyl (C=O) groups excluding carboxylic acids is 2. The van der Waals surface area contributed by atoms with Gasteiger partial charge in [-0.25, -0.2) is 27.5 Å². The van der Waals surface area contributed by atoms with Crippen molar-refractivity contribution in [3.8, 4) is 5.88 Å². The Kier molecular flexibility index (Phi) is 13.9. The standard InChI is InChI=1S/C26H38Cl3N5O7S2Si/c1-26(2,3)41-25(36)31-17(22(35)30-4)14-42-24-20(29)32-21(23(33-24)39-5)34(15-40-12-13-44(6,7)8)43(37,38)18-11-9-10-16(27)19(18)28/h9-11,17H,12-15H2,1-8H3,(H,30,35)(H,31,36)/t17-/m0/s1. The summed E-state index contributed by atoms with van der Waals surface area (Å²) in [4.78, 5) is 33.2. The Morgan fingerprint density at radius 1 is 1.14 bits per heavy atom. The molecule has 0 radical (unpaired) electrons. The van der Waals surface area contributed by atoms with Gasteiger partial charge in [-0.05, 0) is 38.9 Å². The van der Waals surface area contributed by atoms with E-state index in [0.29, 0.717) is 6.61 Å². The van der Waals surface area contributed by atoms with Crippen LogP contribution in [0.5, 0.6) is 5.88 Å². The number of alkyl carbamates (subject to hydrolysis) is 1. The van der Waals surface area contributed by atoms with Crippen molar-refractivity contribution in [3.05, 3.63) is 33.4 Å². The lowest BCUT2D eigenvalue weighted by Crippen LogP contribution is -2.48. The van der Waals surface area contributed by atoms with Gasteiger partial charge < -0.3 is 24.8 Å². The molecule has 2 rings (SSSR count). The molecule has 1 heterocycles. The third-order valence-corrected chi connectivity index (χ3v) is 11.4. The molecule has 0 aliphatic rings. The number of sulfonamides is 1. The summed E-state index contributed by atoms with van der Waals surface area (Å²) in [5.74, 6) is -0.942. The molecule has 44 heavy (non-hydrogen) atoms. The molecule has 12 nitrogen and oxygen atoms in total. The van der Waals surface area contributed by atoms with Crippen molar-refractivity contribution in [3.63, 3.8) is 0 Å². The first-order valence-electron chi connectivity index (χ1n) is 13.3. The van der Waals surface area contributed by atoms with Gasteiger partial charge in [0.2, 0.25) is 11.7 Å². The minimum Gasteiger partial charge on any atom is -0.478 e. The van der Waals surface area contributed by atoms with Crippen LogP contribution in [0.1, 0.15) is 20.8 Å². The van der Waals surface area contributed by atoms with E-state index in [1.165, 1.54) is 32.4 Å². The molecule has 1 aromatic heterocycles. The van der Waals surface area contributed by atoms with E-state index in [4.69, 9.17) is 49.0 Å². The molecule has 2 amide bonds. The Balaban J connectivity index is 2.47. The van der Waals surface area contributed by atoms with Gasteiger partial charge in [0.25, 0.3) is 15.9 Å². The summed E-state index contributed by atoms with van der Waals surface area (Å²) in [6.45, 7) is 11.4. The van der Waals surface area contributed by atoms with Crippen molar-refractivity contribution in [2.75, 3.05) is 37.6 Å². The first-order valence-corrected chi connectivity index (χ1v) is 20.6. The molecule has 0 bridgehead atoms. The summed E-state index contributed by atoms with van der Waals surface area (Å²) >= 11 is 19.9. The fourth-order valence-corrected chi connectivity index (χ4v) is 7.26. The molecule has 246 valence electrons. The molecule has 0 aliphatic carbocycles. The highest BCUT2D eigenvalue weighted by Gasteiger charge is 2.33. The second-order valence-electron chi connectivity index (χ2n) is 11.5. The first kappa shape index (κ1) is 38.2. The number of thioether (sulfide) groups is 1. The topological polar surface area (TPSA) is 149 Å². The Morgan fingerprint density at radius 3 is 2.36 bits per heavy atom. The smallest absolute Gasteiger partial charge is 0.408 e. The average molecular weight is 731 g/mol. The van der Waals surface area contributed by atoms with Gasteiger partial charge in [0, 0.05) is 27.5 Å². The monoisotopic (exact) mass is 729 g/mol. The zero-order valence-corrected chi connectivity index (χ0v) is 30.7. The van der Waals surface area contributed by atoms with E-state index in [2.05, 4.69) is 40.2 Å². The molecule has 2 N–H and O–H groups in total. The van der Waals surface area contributed by atoms with Gasteiger partial charge in [-0.3, -0.25) is 4.79 Å². The maximum atomic E-state index is 13.9. The largest absolute Gasteiger partial charge is 0.478 e. The fraction of sp³-hybridized carbons (Fsp3) is 0.538. The Bertz CT molecular complexity index is 1440. The number of nitrogens with zero attached hydrogens (tertiary/aromatic N) is 3. The number of carbonyl (C=O) groups is 2. The molecule has 0 saturated carbocycles. The Labute approximate surface area is 278 Å².